The highest BCUT2D eigenvalue weighted by molar-refractivity contribution is 6.08. The highest BCUT2D eigenvalue weighted by Crippen LogP contribution is 2.36. The maximum Gasteiger partial charge on any atom is 0.229 e. The summed E-state index contributed by atoms with van der Waals surface area (Å²) in [5.41, 5.74) is 4.69. The van der Waals surface area contributed by atoms with E-state index in [4.69, 9.17) is 0 Å². The molecule has 0 unspecified atom stereocenters. The van der Waals surface area contributed by atoms with Crippen molar-refractivity contribution in [2.75, 3.05) is 10.6 Å². The molecular formula is C27H22N6O. The fourth-order valence-corrected chi connectivity index (χ4v) is 3.86. The number of benzene rings is 3. The lowest BCUT2D eigenvalue weighted by Gasteiger charge is -2.15. The Labute approximate surface area is 196 Å². The minimum Gasteiger partial charge on any atom is -0.364 e. The van der Waals surface area contributed by atoms with Crippen molar-refractivity contribution in [2.45, 2.75) is 13.5 Å². The summed E-state index contributed by atoms with van der Waals surface area (Å²) in [4.78, 5) is 19.8. The standard InChI is InChI=1S/C27H22N6O/c1-18(34)31-27-29-16-21(17-30-27)25-23-14-8-13-22(20-11-6-3-7-12-20)24(23)26(33-32-25)28-15-19-9-4-2-5-10-19/h2-14,16-17H,15H2,1H3,(H,28,33)(H,29,30,31,34). The summed E-state index contributed by atoms with van der Waals surface area (Å²) in [6.07, 6.45) is 3.29. The maximum absolute atomic E-state index is 11.3. The van der Waals surface area contributed by atoms with Crippen LogP contribution >= 0.6 is 0 Å². The molecule has 0 aliphatic carbocycles. The van der Waals surface area contributed by atoms with Crippen LogP contribution in [-0.2, 0) is 11.3 Å². The molecule has 0 aliphatic heterocycles. The van der Waals surface area contributed by atoms with E-state index in [-0.39, 0.29) is 11.9 Å². The van der Waals surface area contributed by atoms with Crippen molar-refractivity contribution in [3.05, 3.63) is 96.8 Å². The number of hydrogen-bond donors (Lipinski definition) is 2. The van der Waals surface area contributed by atoms with Crippen LogP contribution in [0, 0.1) is 0 Å². The first-order valence-electron chi connectivity index (χ1n) is 10.9. The summed E-state index contributed by atoms with van der Waals surface area (Å²) in [6, 6.07) is 26.5. The van der Waals surface area contributed by atoms with E-state index < -0.39 is 0 Å². The number of amides is 1. The number of aromatic nitrogens is 4. The largest absolute Gasteiger partial charge is 0.364 e. The lowest BCUT2D eigenvalue weighted by Crippen LogP contribution is -2.09. The number of carbonyl (C=O) groups is 1. The van der Waals surface area contributed by atoms with Crippen molar-refractivity contribution in [1.29, 1.82) is 0 Å². The van der Waals surface area contributed by atoms with Crippen LogP contribution in [-0.4, -0.2) is 26.1 Å². The molecule has 0 saturated carbocycles. The Morgan fingerprint density at radius 1 is 0.794 bits per heavy atom. The Hall–Kier alpha value is -4.65. The van der Waals surface area contributed by atoms with E-state index in [0.29, 0.717) is 23.6 Å². The van der Waals surface area contributed by atoms with E-state index >= 15 is 0 Å². The van der Waals surface area contributed by atoms with E-state index in [2.05, 4.69) is 61.1 Å². The summed E-state index contributed by atoms with van der Waals surface area (Å²) < 4.78 is 0. The summed E-state index contributed by atoms with van der Waals surface area (Å²) in [5, 5.41) is 17.1. The molecule has 0 aliphatic rings. The van der Waals surface area contributed by atoms with Gasteiger partial charge in [-0.25, -0.2) is 9.97 Å². The lowest BCUT2D eigenvalue weighted by molar-refractivity contribution is -0.114. The molecule has 34 heavy (non-hydrogen) atoms. The first-order valence-corrected chi connectivity index (χ1v) is 10.9. The molecule has 0 spiro atoms. The number of fused-ring (bicyclic) bond motifs is 1. The van der Waals surface area contributed by atoms with Gasteiger partial charge in [0.2, 0.25) is 11.9 Å². The third-order valence-corrected chi connectivity index (χ3v) is 5.41. The van der Waals surface area contributed by atoms with Gasteiger partial charge in [0.1, 0.15) is 5.69 Å². The van der Waals surface area contributed by atoms with Gasteiger partial charge in [0, 0.05) is 42.2 Å². The molecule has 3 aromatic carbocycles. The lowest BCUT2D eigenvalue weighted by atomic mass is 9.97. The van der Waals surface area contributed by atoms with Crippen LogP contribution in [0.5, 0.6) is 0 Å². The van der Waals surface area contributed by atoms with E-state index in [9.17, 15) is 4.79 Å². The number of carbonyl (C=O) groups excluding carboxylic acids is 1. The van der Waals surface area contributed by atoms with Gasteiger partial charge < -0.3 is 5.32 Å². The SMILES string of the molecule is CC(=O)Nc1ncc(-c2nnc(NCc3ccccc3)c3c(-c4ccccc4)cccc23)cn1. The van der Waals surface area contributed by atoms with E-state index in [1.165, 1.54) is 6.92 Å². The molecule has 7 heteroatoms. The van der Waals surface area contributed by atoms with Crippen LogP contribution < -0.4 is 10.6 Å². The molecule has 166 valence electrons. The monoisotopic (exact) mass is 446 g/mol. The van der Waals surface area contributed by atoms with Crippen molar-refractivity contribution in [3.8, 4) is 22.4 Å². The smallest absolute Gasteiger partial charge is 0.229 e. The van der Waals surface area contributed by atoms with Gasteiger partial charge in [0.25, 0.3) is 0 Å². The Kier molecular flexibility index (Phi) is 5.90. The van der Waals surface area contributed by atoms with Crippen LogP contribution in [0.1, 0.15) is 12.5 Å². The van der Waals surface area contributed by atoms with Crippen molar-refractivity contribution < 1.29 is 4.79 Å². The molecular weight excluding hydrogens is 424 g/mol. The second kappa shape index (κ2) is 9.46. The molecule has 2 heterocycles. The molecule has 7 nitrogen and oxygen atoms in total. The number of rotatable bonds is 6. The topological polar surface area (TPSA) is 92.7 Å². The third-order valence-electron chi connectivity index (χ3n) is 5.41. The Bertz CT molecular complexity index is 1440. The third kappa shape index (κ3) is 4.45. The summed E-state index contributed by atoms with van der Waals surface area (Å²) >= 11 is 0. The molecule has 5 rings (SSSR count). The number of nitrogens with one attached hydrogen (secondary N) is 2. The van der Waals surface area contributed by atoms with Gasteiger partial charge in [-0.1, -0.05) is 78.9 Å². The van der Waals surface area contributed by atoms with Crippen LogP contribution in [0.15, 0.2) is 91.3 Å². The Balaban J connectivity index is 1.63. The van der Waals surface area contributed by atoms with Gasteiger partial charge in [-0.05, 0) is 16.7 Å². The van der Waals surface area contributed by atoms with Crippen molar-refractivity contribution in [2.24, 2.45) is 0 Å². The average Bonchev–Trinajstić information content (AvgIpc) is 2.88. The second-order valence-electron chi connectivity index (χ2n) is 7.81. The zero-order chi connectivity index (χ0) is 23.3. The van der Waals surface area contributed by atoms with Crippen LogP contribution in [0.3, 0.4) is 0 Å². The summed E-state index contributed by atoms with van der Waals surface area (Å²) in [5.74, 6) is 0.733. The molecule has 0 atom stereocenters. The highest BCUT2D eigenvalue weighted by atomic mass is 16.1. The summed E-state index contributed by atoms with van der Waals surface area (Å²) in [7, 11) is 0. The predicted molar refractivity (Wildman–Crippen MR) is 134 cm³/mol. The molecule has 2 aromatic heterocycles. The van der Waals surface area contributed by atoms with E-state index in [1.54, 1.807) is 12.4 Å². The molecule has 5 aromatic rings. The number of anilines is 2. The normalized spacial score (nSPS) is 10.7. The predicted octanol–water partition coefficient (Wildman–Crippen LogP) is 5.32. The van der Waals surface area contributed by atoms with Crippen molar-refractivity contribution in [3.63, 3.8) is 0 Å². The summed E-state index contributed by atoms with van der Waals surface area (Å²) in [6.45, 7) is 2.05. The van der Waals surface area contributed by atoms with Crippen molar-refractivity contribution in [1.82, 2.24) is 20.2 Å². The van der Waals surface area contributed by atoms with Gasteiger partial charge in [0.05, 0.1) is 0 Å². The fraction of sp³-hybridized carbons (Fsp3) is 0.0741. The van der Waals surface area contributed by atoms with Crippen LogP contribution in [0.25, 0.3) is 33.2 Å². The first kappa shape index (κ1) is 21.2. The zero-order valence-electron chi connectivity index (χ0n) is 18.6. The number of hydrogen-bond acceptors (Lipinski definition) is 6. The first-order chi connectivity index (χ1) is 16.7. The quantitative estimate of drug-likeness (QED) is 0.367. The molecule has 0 fully saturated rings. The van der Waals surface area contributed by atoms with Gasteiger partial charge in [-0.15, -0.1) is 10.2 Å². The Morgan fingerprint density at radius 2 is 1.50 bits per heavy atom. The van der Waals surface area contributed by atoms with Crippen molar-refractivity contribution >= 4 is 28.4 Å². The second-order valence-corrected chi connectivity index (χ2v) is 7.81. The van der Waals surface area contributed by atoms with Crippen LogP contribution in [0.2, 0.25) is 0 Å². The van der Waals surface area contributed by atoms with Gasteiger partial charge in [-0.3, -0.25) is 10.1 Å². The molecule has 0 bridgehead atoms. The minimum absolute atomic E-state index is 0.223. The van der Waals surface area contributed by atoms with E-state index in [0.717, 1.165) is 27.5 Å². The average molecular weight is 447 g/mol. The highest BCUT2D eigenvalue weighted by Gasteiger charge is 2.16. The van der Waals surface area contributed by atoms with Crippen LogP contribution in [0.4, 0.5) is 11.8 Å². The van der Waals surface area contributed by atoms with Gasteiger partial charge in [0.15, 0.2) is 5.82 Å². The van der Waals surface area contributed by atoms with Gasteiger partial charge in [-0.2, -0.15) is 0 Å². The van der Waals surface area contributed by atoms with E-state index in [1.807, 2.05) is 48.5 Å². The zero-order valence-corrected chi connectivity index (χ0v) is 18.6. The maximum atomic E-state index is 11.3. The minimum atomic E-state index is -0.223. The Morgan fingerprint density at radius 3 is 2.21 bits per heavy atom. The molecule has 2 N–H and O–H groups in total. The fourth-order valence-electron chi connectivity index (χ4n) is 3.86. The molecule has 1 amide bonds. The number of nitrogens with zero attached hydrogens (tertiary/aromatic N) is 4. The van der Waals surface area contributed by atoms with Gasteiger partial charge >= 0.3 is 0 Å². The molecule has 0 radical (unpaired) electrons. The molecule has 0 saturated heterocycles.